The highest BCUT2D eigenvalue weighted by Crippen LogP contribution is 2.40. The summed E-state index contributed by atoms with van der Waals surface area (Å²) in [6, 6.07) is 8.65. The van der Waals surface area contributed by atoms with Crippen LogP contribution in [0.3, 0.4) is 0 Å². The van der Waals surface area contributed by atoms with Crippen LogP contribution in [0, 0.1) is 11.8 Å². The van der Waals surface area contributed by atoms with Gasteiger partial charge in [0.2, 0.25) is 11.8 Å². The monoisotopic (exact) mass is 487 g/mol. The van der Waals surface area contributed by atoms with Gasteiger partial charge in [0.15, 0.2) is 0 Å². The lowest BCUT2D eigenvalue weighted by atomic mass is 9.81. The first kappa shape index (κ1) is 22.4. The van der Waals surface area contributed by atoms with Gasteiger partial charge in [-0.1, -0.05) is 28.1 Å². The standard InChI is InChI=1S/C21H21BrF3NO4/c1-2-29-20(28)16-11-17(12-5-9-15(22)10-6-12)30-19(16)26-18(27)13-3-7-14(8-4-13)21(23,24)25/h5-6,9-11,13-14H,2-4,7-8H2,1H3,(H,26,27). The molecule has 0 saturated heterocycles. The molecule has 0 bridgehead atoms. The number of carbonyl (C=O) groups excluding carboxylic acids is 2. The van der Waals surface area contributed by atoms with E-state index >= 15 is 0 Å². The van der Waals surface area contributed by atoms with E-state index in [4.69, 9.17) is 9.15 Å². The molecule has 0 atom stereocenters. The number of carbonyl (C=O) groups is 2. The molecule has 1 aliphatic carbocycles. The Bertz CT molecular complexity index is 900. The highest BCUT2D eigenvalue weighted by molar-refractivity contribution is 9.10. The maximum Gasteiger partial charge on any atom is 0.391 e. The van der Waals surface area contributed by atoms with Crippen molar-refractivity contribution in [1.29, 1.82) is 0 Å². The van der Waals surface area contributed by atoms with Gasteiger partial charge in [-0.05, 0) is 44.7 Å². The van der Waals surface area contributed by atoms with Gasteiger partial charge in [-0.15, -0.1) is 0 Å². The van der Waals surface area contributed by atoms with Crippen LogP contribution in [-0.2, 0) is 9.53 Å². The van der Waals surface area contributed by atoms with E-state index in [9.17, 15) is 22.8 Å². The Morgan fingerprint density at radius 1 is 1.17 bits per heavy atom. The van der Waals surface area contributed by atoms with Gasteiger partial charge in [0.25, 0.3) is 0 Å². The number of anilines is 1. The molecule has 0 spiro atoms. The van der Waals surface area contributed by atoms with Crippen LogP contribution in [0.15, 0.2) is 39.2 Å². The lowest BCUT2D eigenvalue weighted by Crippen LogP contribution is -2.32. The van der Waals surface area contributed by atoms with Crippen molar-refractivity contribution in [2.45, 2.75) is 38.8 Å². The van der Waals surface area contributed by atoms with E-state index in [1.807, 2.05) is 0 Å². The fraction of sp³-hybridized carbons (Fsp3) is 0.429. The van der Waals surface area contributed by atoms with Gasteiger partial charge in [0.1, 0.15) is 11.3 Å². The predicted octanol–water partition coefficient (Wildman–Crippen LogP) is 6.19. The molecular weight excluding hydrogens is 467 g/mol. The number of ether oxygens (including phenoxy) is 1. The normalized spacial score (nSPS) is 19.4. The fourth-order valence-electron chi connectivity index (χ4n) is 3.50. The molecule has 1 aliphatic rings. The molecule has 162 valence electrons. The Balaban J connectivity index is 1.77. The lowest BCUT2D eigenvalue weighted by molar-refractivity contribution is -0.184. The van der Waals surface area contributed by atoms with Gasteiger partial charge in [-0.25, -0.2) is 4.79 Å². The molecule has 0 aliphatic heterocycles. The number of hydrogen-bond acceptors (Lipinski definition) is 4. The van der Waals surface area contributed by atoms with E-state index in [1.54, 1.807) is 31.2 Å². The molecule has 0 radical (unpaired) electrons. The minimum absolute atomic E-state index is 0.0608. The first-order chi connectivity index (χ1) is 14.2. The first-order valence-corrected chi connectivity index (χ1v) is 10.4. The van der Waals surface area contributed by atoms with E-state index in [-0.39, 0.29) is 43.7 Å². The predicted molar refractivity (Wildman–Crippen MR) is 108 cm³/mol. The summed E-state index contributed by atoms with van der Waals surface area (Å²) in [5, 5.41) is 2.58. The van der Waals surface area contributed by atoms with Crippen molar-refractivity contribution in [3.05, 3.63) is 40.4 Å². The molecule has 1 aromatic heterocycles. The molecule has 1 aromatic carbocycles. The van der Waals surface area contributed by atoms with Crippen molar-refractivity contribution in [1.82, 2.24) is 0 Å². The van der Waals surface area contributed by atoms with Crippen molar-refractivity contribution < 1.29 is 31.9 Å². The number of amides is 1. The summed E-state index contributed by atoms with van der Waals surface area (Å²) in [7, 11) is 0. The molecule has 2 aromatic rings. The van der Waals surface area contributed by atoms with Gasteiger partial charge in [0.05, 0.1) is 12.5 Å². The third-order valence-electron chi connectivity index (χ3n) is 5.15. The molecule has 1 fully saturated rings. The summed E-state index contributed by atoms with van der Waals surface area (Å²) in [5.74, 6) is -2.75. The minimum Gasteiger partial charge on any atom is -0.462 e. The zero-order chi connectivity index (χ0) is 21.9. The molecule has 30 heavy (non-hydrogen) atoms. The molecule has 1 heterocycles. The number of alkyl halides is 3. The third kappa shape index (κ3) is 5.24. The fourth-order valence-corrected chi connectivity index (χ4v) is 3.76. The van der Waals surface area contributed by atoms with Crippen LogP contribution in [0.4, 0.5) is 19.1 Å². The summed E-state index contributed by atoms with van der Waals surface area (Å²) in [6.07, 6.45) is -4.15. The second kappa shape index (κ2) is 9.24. The Kier molecular flexibility index (Phi) is 6.90. The van der Waals surface area contributed by atoms with Crippen LogP contribution in [-0.4, -0.2) is 24.7 Å². The Morgan fingerprint density at radius 2 is 1.80 bits per heavy atom. The van der Waals surface area contributed by atoms with Crippen molar-refractivity contribution in [2.24, 2.45) is 11.8 Å². The second-order valence-electron chi connectivity index (χ2n) is 7.16. The molecule has 9 heteroatoms. The molecule has 5 nitrogen and oxygen atoms in total. The zero-order valence-electron chi connectivity index (χ0n) is 16.2. The van der Waals surface area contributed by atoms with Crippen molar-refractivity contribution in [3.8, 4) is 11.3 Å². The number of benzene rings is 1. The van der Waals surface area contributed by atoms with Crippen molar-refractivity contribution in [3.63, 3.8) is 0 Å². The van der Waals surface area contributed by atoms with Crippen LogP contribution in [0.2, 0.25) is 0 Å². The maximum absolute atomic E-state index is 12.8. The number of hydrogen-bond donors (Lipinski definition) is 1. The van der Waals surface area contributed by atoms with Gasteiger partial charge in [-0.3, -0.25) is 10.1 Å². The number of rotatable bonds is 5. The van der Waals surface area contributed by atoms with Crippen LogP contribution in [0.5, 0.6) is 0 Å². The smallest absolute Gasteiger partial charge is 0.391 e. The SMILES string of the molecule is CCOC(=O)c1cc(-c2ccc(Br)cc2)oc1NC(=O)C1CCC(C(F)(F)F)CC1. The Labute approximate surface area is 180 Å². The molecule has 3 rings (SSSR count). The maximum atomic E-state index is 12.8. The van der Waals surface area contributed by atoms with E-state index in [0.717, 1.165) is 4.47 Å². The van der Waals surface area contributed by atoms with Crippen LogP contribution >= 0.6 is 15.9 Å². The number of nitrogens with one attached hydrogen (secondary N) is 1. The first-order valence-electron chi connectivity index (χ1n) is 9.63. The molecule has 1 amide bonds. The third-order valence-corrected chi connectivity index (χ3v) is 5.68. The van der Waals surface area contributed by atoms with E-state index in [1.165, 1.54) is 6.07 Å². The van der Waals surface area contributed by atoms with E-state index < -0.39 is 29.9 Å². The Morgan fingerprint density at radius 3 is 2.37 bits per heavy atom. The van der Waals surface area contributed by atoms with E-state index in [0.29, 0.717) is 11.3 Å². The summed E-state index contributed by atoms with van der Waals surface area (Å²) >= 11 is 3.34. The highest BCUT2D eigenvalue weighted by Gasteiger charge is 2.42. The van der Waals surface area contributed by atoms with Crippen molar-refractivity contribution in [2.75, 3.05) is 11.9 Å². The Hall–Kier alpha value is -2.29. The lowest BCUT2D eigenvalue weighted by Gasteiger charge is -2.28. The van der Waals surface area contributed by atoms with Crippen LogP contribution in [0.1, 0.15) is 43.0 Å². The molecule has 1 N–H and O–H groups in total. The molecule has 0 unspecified atom stereocenters. The van der Waals surface area contributed by atoms with Gasteiger partial charge in [-0.2, -0.15) is 13.2 Å². The number of halogens is 4. The summed E-state index contributed by atoms with van der Waals surface area (Å²) in [5.41, 5.74) is 0.752. The van der Waals surface area contributed by atoms with Crippen LogP contribution < -0.4 is 5.32 Å². The van der Waals surface area contributed by atoms with Gasteiger partial charge >= 0.3 is 12.1 Å². The van der Waals surface area contributed by atoms with Crippen molar-refractivity contribution >= 4 is 33.7 Å². The summed E-state index contributed by atoms with van der Waals surface area (Å²) in [6.45, 7) is 1.80. The van der Waals surface area contributed by atoms with Gasteiger partial charge in [0, 0.05) is 22.0 Å². The average molecular weight is 488 g/mol. The van der Waals surface area contributed by atoms with Gasteiger partial charge < -0.3 is 9.15 Å². The number of esters is 1. The second-order valence-corrected chi connectivity index (χ2v) is 8.08. The largest absolute Gasteiger partial charge is 0.462 e. The topological polar surface area (TPSA) is 68.5 Å². The highest BCUT2D eigenvalue weighted by atomic mass is 79.9. The number of furan rings is 1. The van der Waals surface area contributed by atoms with E-state index in [2.05, 4.69) is 21.2 Å². The van der Waals surface area contributed by atoms with Crippen LogP contribution in [0.25, 0.3) is 11.3 Å². The molecular formula is C21H21BrF3NO4. The molecule has 1 saturated carbocycles. The summed E-state index contributed by atoms with van der Waals surface area (Å²) < 4.78 is 50.2. The minimum atomic E-state index is -4.24. The average Bonchev–Trinajstić information content (AvgIpc) is 3.12. The zero-order valence-corrected chi connectivity index (χ0v) is 17.8. The quantitative estimate of drug-likeness (QED) is 0.510. The summed E-state index contributed by atoms with van der Waals surface area (Å²) in [4.78, 5) is 24.9.